The van der Waals surface area contributed by atoms with E-state index in [0.717, 1.165) is 114 Å². The Bertz CT molecular complexity index is 2010. The molecule has 0 heterocycles. The van der Waals surface area contributed by atoms with E-state index in [4.69, 9.17) is 37.0 Å². The number of aliphatic hydroxyl groups excluding tert-OH is 1. The van der Waals surface area contributed by atoms with Crippen LogP contribution in [0.2, 0.25) is 0 Å². The Kier molecular flexibility index (Phi) is 71.5. The molecule has 0 aromatic rings. The molecule has 0 spiro atoms. The molecule has 19 heteroatoms. The number of ether oxygens (including phenoxy) is 4. The van der Waals surface area contributed by atoms with Gasteiger partial charge in [-0.05, 0) is 49.4 Å². The van der Waals surface area contributed by atoms with Crippen LogP contribution in [0.1, 0.15) is 434 Å². The van der Waals surface area contributed by atoms with Crippen molar-refractivity contribution >= 4 is 39.5 Å². The number of aliphatic hydroxyl groups is 1. The van der Waals surface area contributed by atoms with Gasteiger partial charge >= 0.3 is 39.5 Å². The van der Waals surface area contributed by atoms with Crippen molar-refractivity contribution in [2.45, 2.75) is 453 Å². The van der Waals surface area contributed by atoms with Gasteiger partial charge in [-0.15, -0.1) is 0 Å². The van der Waals surface area contributed by atoms with Gasteiger partial charge in [0.2, 0.25) is 0 Å². The Morgan fingerprint density at radius 3 is 0.689 bits per heavy atom. The number of carbonyl (C=O) groups is 4. The fraction of sp³-hybridized carbons (Fsp3) is 0.952. The Hall–Kier alpha value is -1.94. The topological polar surface area (TPSA) is 237 Å². The van der Waals surface area contributed by atoms with Crippen LogP contribution in [0.5, 0.6) is 0 Å². The van der Waals surface area contributed by atoms with Crippen LogP contribution >= 0.6 is 15.6 Å². The van der Waals surface area contributed by atoms with Crippen molar-refractivity contribution in [3.8, 4) is 0 Å². The zero-order valence-electron chi connectivity index (χ0n) is 68.0. The number of phosphoric ester groups is 2. The van der Waals surface area contributed by atoms with Gasteiger partial charge in [-0.25, -0.2) is 9.13 Å². The quantitative estimate of drug-likeness (QED) is 0.0222. The van der Waals surface area contributed by atoms with E-state index in [2.05, 4.69) is 55.4 Å². The number of unbranched alkanes of at least 4 members (excludes halogenated alkanes) is 46. The van der Waals surface area contributed by atoms with Gasteiger partial charge in [0, 0.05) is 25.7 Å². The lowest BCUT2D eigenvalue weighted by Gasteiger charge is -2.21. The largest absolute Gasteiger partial charge is 0.472 e. The Morgan fingerprint density at radius 1 is 0.272 bits per heavy atom. The van der Waals surface area contributed by atoms with E-state index in [-0.39, 0.29) is 25.7 Å². The number of rotatable bonds is 81. The Labute approximate surface area is 632 Å². The van der Waals surface area contributed by atoms with Gasteiger partial charge in [-0.3, -0.25) is 37.3 Å². The van der Waals surface area contributed by atoms with Gasteiger partial charge in [0.25, 0.3) is 0 Å². The molecule has 0 rings (SSSR count). The molecule has 0 aliphatic carbocycles. The molecule has 0 fully saturated rings. The molecule has 0 aromatic carbocycles. The molecular formula is C84H164O17P2. The highest BCUT2D eigenvalue weighted by Gasteiger charge is 2.30. The van der Waals surface area contributed by atoms with Crippen LogP contribution in [-0.4, -0.2) is 96.7 Å². The van der Waals surface area contributed by atoms with Crippen molar-refractivity contribution in [1.82, 2.24) is 0 Å². The maximum absolute atomic E-state index is 13.1. The van der Waals surface area contributed by atoms with Crippen molar-refractivity contribution in [3.05, 3.63) is 0 Å². The first kappa shape index (κ1) is 101. The summed E-state index contributed by atoms with van der Waals surface area (Å²) in [5.74, 6) is 1.01. The molecular weight excluding hydrogens is 1340 g/mol. The summed E-state index contributed by atoms with van der Waals surface area (Å²) in [5, 5.41) is 10.7. The molecule has 0 aromatic heterocycles. The number of phosphoric acid groups is 2. The summed E-state index contributed by atoms with van der Waals surface area (Å²) in [5.41, 5.74) is 0. The minimum atomic E-state index is -4.96. The highest BCUT2D eigenvalue weighted by atomic mass is 31.2. The lowest BCUT2D eigenvalue weighted by atomic mass is 9.99. The van der Waals surface area contributed by atoms with Gasteiger partial charge in [0.1, 0.15) is 19.3 Å². The van der Waals surface area contributed by atoms with Crippen LogP contribution in [0.15, 0.2) is 0 Å². The molecule has 103 heavy (non-hydrogen) atoms. The van der Waals surface area contributed by atoms with Crippen molar-refractivity contribution in [3.63, 3.8) is 0 Å². The van der Waals surface area contributed by atoms with Gasteiger partial charge < -0.3 is 33.8 Å². The second-order valence-electron chi connectivity index (χ2n) is 31.9. The molecule has 3 N–H and O–H groups in total. The summed E-state index contributed by atoms with van der Waals surface area (Å²) < 4.78 is 68.8. The van der Waals surface area contributed by atoms with Gasteiger partial charge in [-0.1, -0.05) is 383 Å². The van der Waals surface area contributed by atoms with Crippen LogP contribution < -0.4 is 0 Å². The second-order valence-corrected chi connectivity index (χ2v) is 34.8. The molecule has 0 amide bonds. The van der Waals surface area contributed by atoms with Gasteiger partial charge in [0.05, 0.1) is 26.4 Å². The van der Waals surface area contributed by atoms with E-state index < -0.39 is 97.5 Å². The van der Waals surface area contributed by atoms with E-state index >= 15 is 0 Å². The standard InChI is InChI=1S/C84H164O17P2/c1-9-77(8)63-55-47-38-32-28-29-33-39-48-56-64-81(86)94-70-79(100-83(88)66-58-50-40-34-26-22-18-13-11-10-12-16-20-24-30-36-44-52-60-74(2)3)72-98-102(90,91)96-68-78(85)69-97-103(92,93)99-73-80(71-95-82(87)65-57-49-43-42-46-54-62-76(6)7)101-84(89)67-59-51-41-35-27-23-19-15-14-17-21-25-31-37-45-53-61-75(4)5/h74-80,85H,9-73H2,1-8H3,(H,90,91)(H,92,93)/t77?,78?,79-,80-/m1/s1. The van der Waals surface area contributed by atoms with Crippen molar-refractivity contribution in [2.24, 2.45) is 23.7 Å². The Balaban J connectivity index is 5.19. The molecule has 0 bridgehead atoms. The SMILES string of the molecule is CCC(C)CCCCCCCCCCCCC(=O)OC[C@H](COP(=O)(O)OCC(O)COP(=O)(O)OC[C@@H](COC(=O)CCCCCCCCC(C)C)OC(=O)CCCCCCCCCCCCCCCCCCC(C)C)OC(=O)CCCCCCCCCCCCCCCCCCCCC(C)C. The number of carbonyl (C=O) groups excluding carboxylic acids is 4. The maximum Gasteiger partial charge on any atom is 0.472 e. The monoisotopic (exact) mass is 1510 g/mol. The lowest BCUT2D eigenvalue weighted by molar-refractivity contribution is -0.161. The average Bonchev–Trinajstić information content (AvgIpc) is 0.912. The smallest absolute Gasteiger partial charge is 0.462 e. The molecule has 0 saturated heterocycles. The summed E-state index contributed by atoms with van der Waals surface area (Å²) in [6, 6.07) is 0. The highest BCUT2D eigenvalue weighted by Crippen LogP contribution is 2.45. The van der Waals surface area contributed by atoms with Crippen LogP contribution in [0, 0.1) is 23.7 Å². The van der Waals surface area contributed by atoms with Crippen molar-refractivity contribution in [1.29, 1.82) is 0 Å². The van der Waals surface area contributed by atoms with Crippen LogP contribution in [0.3, 0.4) is 0 Å². The molecule has 0 aliphatic rings. The van der Waals surface area contributed by atoms with E-state index in [0.29, 0.717) is 31.6 Å². The zero-order valence-corrected chi connectivity index (χ0v) is 69.7. The molecule has 4 unspecified atom stereocenters. The summed E-state index contributed by atoms with van der Waals surface area (Å²) in [6.45, 7) is 14.3. The molecule has 0 aliphatic heterocycles. The Morgan fingerprint density at radius 2 is 0.466 bits per heavy atom. The summed E-state index contributed by atoms with van der Waals surface area (Å²) in [7, 11) is -9.93. The minimum absolute atomic E-state index is 0.107. The fourth-order valence-corrected chi connectivity index (χ4v) is 14.5. The average molecular weight is 1510 g/mol. The van der Waals surface area contributed by atoms with Gasteiger partial charge in [-0.2, -0.15) is 0 Å². The third kappa shape index (κ3) is 76.6. The van der Waals surface area contributed by atoms with Crippen LogP contribution in [-0.2, 0) is 65.4 Å². The third-order valence-electron chi connectivity index (χ3n) is 19.9. The van der Waals surface area contributed by atoms with E-state index in [1.54, 1.807) is 0 Å². The molecule has 6 atom stereocenters. The van der Waals surface area contributed by atoms with Gasteiger partial charge in [0.15, 0.2) is 12.2 Å². The summed E-state index contributed by atoms with van der Waals surface area (Å²) in [6.07, 6.45) is 61.2. The zero-order chi connectivity index (χ0) is 76.0. The molecule has 0 radical (unpaired) electrons. The predicted molar refractivity (Wildman–Crippen MR) is 423 cm³/mol. The van der Waals surface area contributed by atoms with Crippen molar-refractivity contribution in [2.75, 3.05) is 39.6 Å². The summed E-state index contributed by atoms with van der Waals surface area (Å²) >= 11 is 0. The normalized spacial score (nSPS) is 14.2. The number of hydrogen-bond acceptors (Lipinski definition) is 15. The fourth-order valence-electron chi connectivity index (χ4n) is 12.9. The third-order valence-corrected chi connectivity index (χ3v) is 21.8. The first-order chi connectivity index (χ1) is 49.6. The first-order valence-corrected chi connectivity index (χ1v) is 46.2. The van der Waals surface area contributed by atoms with E-state index in [1.807, 2.05) is 0 Å². The van der Waals surface area contributed by atoms with Crippen molar-refractivity contribution < 1.29 is 80.2 Å². The first-order valence-electron chi connectivity index (χ1n) is 43.2. The van der Waals surface area contributed by atoms with Crippen LogP contribution in [0.4, 0.5) is 0 Å². The van der Waals surface area contributed by atoms with Crippen LogP contribution in [0.25, 0.3) is 0 Å². The second kappa shape index (κ2) is 72.9. The predicted octanol–water partition coefficient (Wildman–Crippen LogP) is 25.2. The molecule has 17 nitrogen and oxygen atoms in total. The van der Waals surface area contributed by atoms with E-state index in [1.165, 1.54) is 231 Å². The van der Waals surface area contributed by atoms with E-state index in [9.17, 15) is 43.2 Å². The lowest BCUT2D eigenvalue weighted by Crippen LogP contribution is -2.30. The molecule has 612 valence electrons. The summed E-state index contributed by atoms with van der Waals surface area (Å²) in [4.78, 5) is 73.1. The number of esters is 4. The number of hydrogen-bond donors (Lipinski definition) is 3. The molecule has 0 saturated carbocycles. The maximum atomic E-state index is 13.1. The minimum Gasteiger partial charge on any atom is -0.462 e. The highest BCUT2D eigenvalue weighted by molar-refractivity contribution is 7.47.